The molecule has 6 heteroatoms. The Hall–Kier alpha value is -0.330. The number of hydrogen-bond donors (Lipinski definition) is 2. The largest absolute Gasteiger partial charge is 0.415 e. The lowest BCUT2D eigenvalue weighted by Gasteiger charge is -2.40. The van der Waals surface area contributed by atoms with Crippen molar-refractivity contribution in [2.75, 3.05) is 19.6 Å². The third-order valence-corrected chi connectivity index (χ3v) is 3.83. The zero-order valence-electron chi connectivity index (χ0n) is 10.8. The van der Waals surface area contributed by atoms with Gasteiger partial charge in [-0.3, -0.25) is 4.90 Å². The van der Waals surface area contributed by atoms with E-state index in [0.29, 0.717) is 13.1 Å². The molecular formula is C12H23F3N2O. The molecule has 3 nitrogen and oxygen atoms in total. The molecule has 0 heterocycles. The fraction of sp³-hybridized carbons (Fsp3) is 1.00. The second kappa shape index (κ2) is 6.73. The highest BCUT2D eigenvalue weighted by molar-refractivity contribution is 4.85. The van der Waals surface area contributed by atoms with Crippen LogP contribution in [0, 0.1) is 5.92 Å². The van der Waals surface area contributed by atoms with Gasteiger partial charge in [0, 0.05) is 12.6 Å². The summed E-state index contributed by atoms with van der Waals surface area (Å²) in [6, 6.07) is 0.0748. The van der Waals surface area contributed by atoms with E-state index in [1.54, 1.807) is 4.90 Å². The number of alkyl halides is 3. The fourth-order valence-corrected chi connectivity index (χ4v) is 2.77. The van der Waals surface area contributed by atoms with Gasteiger partial charge in [-0.2, -0.15) is 13.2 Å². The zero-order valence-corrected chi connectivity index (χ0v) is 10.8. The quantitative estimate of drug-likeness (QED) is 0.798. The molecule has 0 aromatic heterocycles. The maximum atomic E-state index is 12.4. The average Bonchev–Trinajstić information content (AvgIpc) is 2.34. The highest BCUT2D eigenvalue weighted by Gasteiger charge is 2.40. The van der Waals surface area contributed by atoms with Crippen molar-refractivity contribution < 1.29 is 18.3 Å². The number of aliphatic hydroxyl groups is 1. The highest BCUT2D eigenvalue weighted by atomic mass is 19.4. The summed E-state index contributed by atoms with van der Waals surface area (Å²) in [4.78, 5) is 1.73. The van der Waals surface area contributed by atoms with Crippen LogP contribution in [0.25, 0.3) is 0 Å². The number of likely N-dealkylation sites (N-methyl/N-ethyl adjacent to an activating group) is 1. The Balaban J connectivity index is 2.64. The van der Waals surface area contributed by atoms with Gasteiger partial charge in [0.25, 0.3) is 0 Å². The van der Waals surface area contributed by atoms with Crippen molar-refractivity contribution in [3.63, 3.8) is 0 Å². The summed E-state index contributed by atoms with van der Waals surface area (Å²) in [5.41, 5.74) is 5.69. The Bertz CT molecular complexity index is 248. The van der Waals surface area contributed by atoms with Crippen LogP contribution < -0.4 is 5.73 Å². The smallest absolute Gasteiger partial charge is 0.382 e. The molecule has 0 aromatic carbocycles. The second-order valence-corrected chi connectivity index (χ2v) is 4.99. The minimum atomic E-state index is -4.54. The summed E-state index contributed by atoms with van der Waals surface area (Å²) in [5.74, 6) is 0.249. The first kappa shape index (κ1) is 15.7. The van der Waals surface area contributed by atoms with Gasteiger partial charge >= 0.3 is 6.18 Å². The number of aliphatic hydroxyl groups excluding tert-OH is 1. The molecule has 3 unspecified atom stereocenters. The van der Waals surface area contributed by atoms with E-state index in [1.807, 2.05) is 6.92 Å². The zero-order chi connectivity index (χ0) is 13.8. The van der Waals surface area contributed by atoms with Crippen LogP contribution >= 0.6 is 0 Å². The van der Waals surface area contributed by atoms with Gasteiger partial charge in [-0.15, -0.1) is 0 Å². The van der Waals surface area contributed by atoms with Gasteiger partial charge in [-0.25, -0.2) is 0 Å². The SMILES string of the molecule is CCN(CC(O)C(F)(F)F)C1CCCCC1CN. The van der Waals surface area contributed by atoms with E-state index in [4.69, 9.17) is 5.73 Å². The molecule has 18 heavy (non-hydrogen) atoms. The summed E-state index contributed by atoms with van der Waals surface area (Å²) in [6.45, 7) is 2.49. The van der Waals surface area contributed by atoms with Gasteiger partial charge < -0.3 is 10.8 Å². The number of nitrogens with two attached hydrogens (primary N) is 1. The number of rotatable bonds is 5. The van der Waals surface area contributed by atoms with E-state index in [1.165, 1.54) is 0 Å². The molecule has 1 aliphatic rings. The van der Waals surface area contributed by atoms with E-state index in [-0.39, 0.29) is 18.5 Å². The summed E-state index contributed by atoms with van der Waals surface area (Å²) in [7, 11) is 0. The normalized spacial score (nSPS) is 27.5. The van der Waals surface area contributed by atoms with Crippen LogP contribution in [0.2, 0.25) is 0 Å². The third kappa shape index (κ3) is 4.10. The van der Waals surface area contributed by atoms with Gasteiger partial charge in [0.1, 0.15) is 0 Å². The molecule has 1 saturated carbocycles. The van der Waals surface area contributed by atoms with Crippen LogP contribution in [0.4, 0.5) is 13.2 Å². The van der Waals surface area contributed by atoms with Crippen LogP contribution in [0.1, 0.15) is 32.6 Å². The average molecular weight is 268 g/mol. The van der Waals surface area contributed by atoms with E-state index in [2.05, 4.69) is 0 Å². The van der Waals surface area contributed by atoms with Crippen molar-refractivity contribution in [3.8, 4) is 0 Å². The predicted octanol–water partition coefficient (Wildman–Crippen LogP) is 1.75. The molecule has 1 aliphatic carbocycles. The van der Waals surface area contributed by atoms with Crippen molar-refractivity contribution in [1.29, 1.82) is 0 Å². The Morgan fingerprint density at radius 2 is 1.94 bits per heavy atom. The van der Waals surface area contributed by atoms with Gasteiger partial charge in [0.15, 0.2) is 6.10 Å². The fourth-order valence-electron chi connectivity index (χ4n) is 2.77. The molecule has 0 aromatic rings. The van der Waals surface area contributed by atoms with E-state index in [9.17, 15) is 18.3 Å². The molecule has 1 rings (SSSR count). The number of halogens is 3. The molecular weight excluding hydrogens is 245 g/mol. The van der Waals surface area contributed by atoms with Gasteiger partial charge in [-0.1, -0.05) is 19.8 Å². The minimum absolute atomic E-state index is 0.0748. The Kier molecular flexibility index (Phi) is 5.88. The Morgan fingerprint density at radius 1 is 1.33 bits per heavy atom. The maximum Gasteiger partial charge on any atom is 0.415 e. The van der Waals surface area contributed by atoms with E-state index < -0.39 is 12.3 Å². The van der Waals surface area contributed by atoms with E-state index in [0.717, 1.165) is 25.7 Å². The lowest BCUT2D eigenvalue weighted by atomic mass is 9.83. The Labute approximate surface area is 106 Å². The highest BCUT2D eigenvalue weighted by Crippen LogP contribution is 2.29. The molecule has 0 bridgehead atoms. The third-order valence-electron chi connectivity index (χ3n) is 3.83. The molecule has 0 aliphatic heterocycles. The van der Waals surface area contributed by atoms with Gasteiger partial charge in [-0.05, 0) is 31.8 Å². The van der Waals surface area contributed by atoms with Crippen molar-refractivity contribution in [2.45, 2.75) is 50.9 Å². The van der Waals surface area contributed by atoms with Crippen molar-refractivity contribution in [2.24, 2.45) is 11.7 Å². The molecule has 0 spiro atoms. The second-order valence-electron chi connectivity index (χ2n) is 4.99. The van der Waals surface area contributed by atoms with Crippen LogP contribution in [0.15, 0.2) is 0 Å². The van der Waals surface area contributed by atoms with Crippen LogP contribution in [0.3, 0.4) is 0 Å². The summed E-state index contributed by atoms with van der Waals surface area (Å²) in [6.07, 6.45) is -2.84. The summed E-state index contributed by atoms with van der Waals surface area (Å²) in [5, 5.41) is 9.18. The molecule has 0 amide bonds. The molecule has 0 saturated heterocycles. The van der Waals surface area contributed by atoms with Crippen LogP contribution in [0.5, 0.6) is 0 Å². The maximum absolute atomic E-state index is 12.4. The standard InChI is InChI=1S/C12H23F3N2O/c1-2-17(8-11(18)12(13,14)15)10-6-4-3-5-9(10)7-16/h9-11,18H,2-8,16H2,1H3. The summed E-state index contributed by atoms with van der Waals surface area (Å²) < 4.78 is 37.2. The molecule has 3 atom stereocenters. The lowest BCUT2D eigenvalue weighted by molar-refractivity contribution is -0.210. The van der Waals surface area contributed by atoms with Crippen molar-refractivity contribution in [1.82, 2.24) is 4.90 Å². The molecule has 3 N–H and O–H groups in total. The topological polar surface area (TPSA) is 49.5 Å². The van der Waals surface area contributed by atoms with Crippen LogP contribution in [-0.2, 0) is 0 Å². The van der Waals surface area contributed by atoms with E-state index >= 15 is 0 Å². The molecule has 0 radical (unpaired) electrons. The minimum Gasteiger partial charge on any atom is -0.382 e. The van der Waals surface area contributed by atoms with Gasteiger partial charge in [0.05, 0.1) is 0 Å². The van der Waals surface area contributed by atoms with Crippen molar-refractivity contribution >= 4 is 0 Å². The molecule has 1 fully saturated rings. The Morgan fingerprint density at radius 3 is 2.44 bits per heavy atom. The molecule has 108 valence electrons. The first-order valence-corrected chi connectivity index (χ1v) is 6.59. The van der Waals surface area contributed by atoms with Gasteiger partial charge in [0.2, 0.25) is 0 Å². The monoisotopic (exact) mass is 268 g/mol. The van der Waals surface area contributed by atoms with Crippen molar-refractivity contribution in [3.05, 3.63) is 0 Å². The number of hydrogen-bond acceptors (Lipinski definition) is 3. The van der Waals surface area contributed by atoms with Crippen LogP contribution in [-0.4, -0.2) is 48.0 Å². The number of nitrogens with zero attached hydrogens (tertiary/aromatic N) is 1. The lowest BCUT2D eigenvalue weighted by Crippen LogP contribution is -2.50. The predicted molar refractivity (Wildman–Crippen MR) is 64.1 cm³/mol. The summed E-state index contributed by atoms with van der Waals surface area (Å²) >= 11 is 0. The first-order chi connectivity index (χ1) is 8.40. The first-order valence-electron chi connectivity index (χ1n) is 6.59.